The van der Waals surface area contributed by atoms with Gasteiger partial charge in [-0.1, -0.05) is 24.3 Å². The van der Waals surface area contributed by atoms with Gasteiger partial charge in [0.2, 0.25) is 0 Å². The Balaban J connectivity index is 2.03. The highest BCUT2D eigenvalue weighted by molar-refractivity contribution is 6.31. The van der Waals surface area contributed by atoms with Gasteiger partial charge in [-0.3, -0.25) is 4.79 Å². The predicted molar refractivity (Wildman–Crippen MR) is 58.0 cm³/mol. The molecule has 1 aromatic carbocycles. The topological polar surface area (TPSA) is 66.4 Å². The molecule has 0 aromatic heterocycles. The molecule has 1 amide bonds. The van der Waals surface area contributed by atoms with Crippen LogP contribution >= 0.6 is 0 Å². The summed E-state index contributed by atoms with van der Waals surface area (Å²) >= 11 is 0. The Kier molecular flexibility index (Phi) is 2.90. The van der Waals surface area contributed by atoms with Crippen LogP contribution in [0.2, 0.25) is 0 Å². The number of carbonyl (C=O) groups is 2. The quantitative estimate of drug-likeness (QED) is 0.685. The molecule has 4 heteroatoms. The van der Waals surface area contributed by atoms with Crippen LogP contribution in [-0.4, -0.2) is 23.0 Å². The Bertz CT molecular complexity index is 428. The highest BCUT2D eigenvalue weighted by Gasteiger charge is 2.22. The zero-order chi connectivity index (χ0) is 11.5. The number of hydrogen-bond donors (Lipinski definition) is 2. The molecule has 0 radical (unpaired) electrons. The van der Waals surface area contributed by atoms with E-state index >= 15 is 0 Å². The molecular weight excluding hydrogens is 206 g/mol. The molecule has 0 aliphatic heterocycles. The van der Waals surface area contributed by atoms with E-state index in [0.717, 1.165) is 19.3 Å². The average molecular weight is 219 g/mol. The molecule has 4 nitrogen and oxygen atoms in total. The molecule has 1 aromatic rings. The Morgan fingerprint density at radius 1 is 1.25 bits per heavy atom. The second-order valence-corrected chi connectivity index (χ2v) is 3.99. The van der Waals surface area contributed by atoms with Crippen molar-refractivity contribution in [1.82, 2.24) is 5.32 Å². The molecule has 16 heavy (non-hydrogen) atoms. The van der Waals surface area contributed by atoms with Crippen molar-refractivity contribution in [1.29, 1.82) is 0 Å². The predicted octanol–water partition coefficient (Wildman–Crippen LogP) is 0.745. The van der Waals surface area contributed by atoms with Crippen molar-refractivity contribution in [2.24, 2.45) is 0 Å². The van der Waals surface area contributed by atoms with Crippen molar-refractivity contribution in [3.63, 3.8) is 0 Å². The van der Waals surface area contributed by atoms with Crippen LogP contribution in [0.15, 0.2) is 24.3 Å². The Morgan fingerprint density at radius 3 is 2.62 bits per heavy atom. The van der Waals surface area contributed by atoms with Crippen molar-refractivity contribution in [2.45, 2.75) is 25.3 Å². The van der Waals surface area contributed by atoms with Gasteiger partial charge in [-0.2, -0.15) is 0 Å². The molecule has 0 heterocycles. The highest BCUT2D eigenvalue weighted by Crippen LogP contribution is 2.20. The van der Waals surface area contributed by atoms with Gasteiger partial charge in [0, 0.05) is 6.04 Å². The summed E-state index contributed by atoms with van der Waals surface area (Å²) in [4.78, 5) is 21.4. The molecule has 1 aliphatic rings. The first-order chi connectivity index (χ1) is 7.66. The fourth-order valence-corrected chi connectivity index (χ4v) is 2.07. The van der Waals surface area contributed by atoms with Crippen LogP contribution in [0, 0.1) is 0 Å². The van der Waals surface area contributed by atoms with Gasteiger partial charge in [-0.25, -0.2) is 4.79 Å². The summed E-state index contributed by atoms with van der Waals surface area (Å²) in [5, 5.41) is 11.0. The average Bonchev–Trinajstić information content (AvgIpc) is 2.28. The van der Waals surface area contributed by atoms with Crippen molar-refractivity contribution < 1.29 is 14.7 Å². The van der Waals surface area contributed by atoms with E-state index in [-0.39, 0.29) is 6.04 Å². The van der Waals surface area contributed by atoms with E-state index in [9.17, 15) is 9.59 Å². The maximum atomic E-state index is 11.0. The zero-order valence-corrected chi connectivity index (χ0v) is 8.77. The standard InChI is InChI=1S/C12H13NO3/c14-11(12(15)16)13-10-6-5-8-3-1-2-4-9(8)7-10/h1-4,10H,5-7H2,(H,13,14)(H,15,16). The third kappa shape index (κ3) is 2.21. The third-order valence-electron chi connectivity index (χ3n) is 2.88. The summed E-state index contributed by atoms with van der Waals surface area (Å²) in [5.41, 5.74) is 2.49. The van der Waals surface area contributed by atoms with Gasteiger partial charge in [0.15, 0.2) is 0 Å². The lowest BCUT2D eigenvalue weighted by Crippen LogP contribution is -2.42. The van der Waals surface area contributed by atoms with Crippen molar-refractivity contribution >= 4 is 11.9 Å². The molecule has 0 bridgehead atoms. The largest absolute Gasteiger partial charge is 0.474 e. The number of nitrogens with one attached hydrogen (secondary N) is 1. The number of carboxylic acids is 1. The van der Waals surface area contributed by atoms with Crippen LogP contribution in [0.1, 0.15) is 17.5 Å². The maximum absolute atomic E-state index is 11.0. The van der Waals surface area contributed by atoms with E-state index in [1.807, 2.05) is 18.2 Å². The van der Waals surface area contributed by atoms with E-state index in [1.54, 1.807) is 0 Å². The smallest absolute Gasteiger partial charge is 0.394 e. The molecule has 84 valence electrons. The van der Waals surface area contributed by atoms with Crippen LogP contribution in [0.3, 0.4) is 0 Å². The third-order valence-corrected chi connectivity index (χ3v) is 2.88. The van der Waals surface area contributed by atoms with Gasteiger partial charge >= 0.3 is 11.9 Å². The summed E-state index contributed by atoms with van der Waals surface area (Å²) in [7, 11) is 0. The minimum absolute atomic E-state index is 0.0569. The summed E-state index contributed by atoms with van der Waals surface area (Å²) < 4.78 is 0. The number of hydrogen-bond acceptors (Lipinski definition) is 2. The summed E-state index contributed by atoms with van der Waals surface area (Å²) in [5.74, 6) is -2.33. The van der Waals surface area contributed by atoms with Crippen LogP contribution in [0.4, 0.5) is 0 Å². The summed E-state index contributed by atoms with van der Waals surface area (Å²) in [6, 6.07) is 7.99. The van der Waals surface area contributed by atoms with E-state index in [4.69, 9.17) is 5.11 Å². The lowest BCUT2D eigenvalue weighted by molar-refractivity contribution is -0.150. The minimum Gasteiger partial charge on any atom is -0.474 e. The number of aliphatic carboxylic acids is 1. The van der Waals surface area contributed by atoms with Gasteiger partial charge in [0.25, 0.3) is 0 Å². The number of amides is 1. The van der Waals surface area contributed by atoms with Crippen LogP contribution in [0.5, 0.6) is 0 Å². The molecule has 0 spiro atoms. The number of aryl methyl sites for hydroxylation is 1. The Labute approximate surface area is 93.3 Å². The molecular formula is C12H13NO3. The van der Waals surface area contributed by atoms with Gasteiger partial charge in [0.05, 0.1) is 0 Å². The first-order valence-corrected chi connectivity index (χ1v) is 5.27. The first kappa shape index (κ1) is 10.7. The lowest BCUT2D eigenvalue weighted by atomic mass is 9.88. The van der Waals surface area contributed by atoms with Gasteiger partial charge in [-0.15, -0.1) is 0 Å². The van der Waals surface area contributed by atoms with Gasteiger partial charge < -0.3 is 10.4 Å². The molecule has 2 N–H and O–H groups in total. The zero-order valence-electron chi connectivity index (χ0n) is 8.77. The molecule has 1 aliphatic carbocycles. The molecule has 1 unspecified atom stereocenters. The second kappa shape index (κ2) is 4.35. The SMILES string of the molecule is O=C(O)C(=O)NC1CCc2ccccc2C1. The molecule has 2 rings (SSSR count). The number of carboxylic acid groups (broad SMARTS) is 1. The molecule has 1 atom stereocenters. The molecule has 0 fully saturated rings. The van der Waals surface area contributed by atoms with E-state index in [0.29, 0.717) is 0 Å². The number of rotatable bonds is 1. The van der Waals surface area contributed by atoms with Crippen LogP contribution in [-0.2, 0) is 22.4 Å². The van der Waals surface area contributed by atoms with Crippen LogP contribution in [0.25, 0.3) is 0 Å². The van der Waals surface area contributed by atoms with E-state index < -0.39 is 11.9 Å². The van der Waals surface area contributed by atoms with E-state index in [1.165, 1.54) is 11.1 Å². The Hall–Kier alpha value is -1.84. The number of fused-ring (bicyclic) bond motifs is 1. The minimum atomic E-state index is -1.42. The van der Waals surface area contributed by atoms with Crippen LogP contribution < -0.4 is 5.32 Å². The first-order valence-electron chi connectivity index (χ1n) is 5.27. The summed E-state index contributed by atoms with van der Waals surface area (Å²) in [6.07, 6.45) is 2.41. The van der Waals surface area contributed by atoms with Crippen molar-refractivity contribution in [3.8, 4) is 0 Å². The normalized spacial score (nSPS) is 18.6. The second-order valence-electron chi connectivity index (χ2n) is 3.99. The monoisotopic (exact) mass is 219 g/mol. The van der Waals surface area contributed by atoms with Crippen molar-refractivity contribution in [3.05, 3.63) is 35.4 Å². The maximum Gasteiger partial charge on any atom is 0.394 e. The summed E-state index contributed by atoms with van der Waals surface area (Å²) in [6.45, 7) is 0. The lowest BCUT2D eigenvalue weighted by Gasteiger charge is -2.24. The molecule has 0 saturated heterocycles. The number of benzene rings is 1. The van der Waals surface area contributed by atoms with Gasteiger partial charge in [-0.05, 0) is 30.4 Å². The van der Waals surface area contributed by atoms with Gasteiger partial charge in [0.1, 0.15) is 0 Å². The number of carbonyl (C=O) groups excluding carboxylic acids is 1. The fourth-order valence-electron chi connectivity index (χ4n) is 2.07. The van der Waals surface area contributed by atoms with Crippen molar-refractivity contribution in [2.75, 3.05) is 0 Å². The molecule has 0 saturated carbocycles. The Morgan fingerprint density at radius 2 is 1.94 bits per heavy atom. The highest BCUT2D eigenvalue weighted by atomic mass is 16.4. The fraction of sp³-hybridized carbons (Fsp3) is 0.333. The van der Waals surface area contributed by atoms with E-state index in [2.05, 4.69) is 11.4 Å².